The Balaban J connectivity index is 1.08. The lowest BCUT2D eigenvalue weighted by atomic mass is 10.0. The van der Waals surface area contributed by atoms with Gasteiger partial charge in [0.1, 0.15) is 42.7 Å². The Morgan fingerprint density at radius 2 is 2.00 bits per heavy atom. The zero-order chi connectivity index (χ0) is 36.6. The third kappa shape index (κ3) is 7.29. The van der Waals surface area contributed by atoms with E-state index in [0.29, 0.717) is 59.9 Å². The number of thiazole rings is 1. The van der Waals surface area contributed by atoms with Gasteiger partial charge in [0, 0.05) is 23.6 Å². The number of carbonyl (C=O) groups excluding carboxylic acids is 5. The first kappa shape index (κ1) is 35.9. The highest BCUT2D eigenvalue weighted by Crippen LogP contribution is 2.41. The van der Waals surface area contributed by atoms with E-state index in [9.17, 15) is 29.1 Å². The summed E-state index contributed by atoms with van der Waals surface area (Å²) in [6, 6.07) is 3.54. The lowest BCUT2D eigenvalue weighted by Crippen LogP contribution is -2.72. The monoisotopic (exact) mass is 745 g/mol. The molecule has 3 atom stereocenters. The maximum atomic E-state index is 15.4. The number of carbonyl (C=O) groups is 5. The number of piperazine rings is 1. The van der Waals surface area contributed by atoms with Crippen molar-refractivity contribution in [2.75, 3.05) is 81.3 Å². The van der Waals surface area contributed by atoms with Gasteiger partial charge in [-0.15, -0.1) is 23.1 Å². The van der Waals surface area contributed by atoms with E-state index < -0.39 is 47.2 Å². The number of aliphatic carboxylic acids is 1. The number of rotatable bonds is 11. The number of ether oxygens (including phenoxy) is 1. The van der Waals surface area contributed by atoms with E-state index in [1.54, 1.807) is 12.1 Å². The fraction of sp³-hybridized carbons (Fsp3) is 0.452. The first-order valence-electron chi connectivity index (χ1n) is 15.9. The molecule has 4 aliphatic rings. The van der Waals surface area contributed by atoms with E-state index in [1.165, 1.54) is 42.1 Å². The highest BCUT2D eigenvalue weighted by molar-refractivity contribution is 8.00. The number of fused-ring (bicyclic) bond motifs is 1. The van der Waals surface area contributed by atoms with Gasteiger partial charge in [-0.1, -0.05) is 5.16 Å². The van der Waals surface area contributed by atoms with Crippen molar-refractivity contribution in [2.45, 2.75) is 24.4 Å². The van der Waals surface area contributed by atoms with E-state index in [2.05, 4.69) is 20.8 Å². The van der Waals surface area contributed by atoms with Crippen molar-refractivity contribution in [1.82, 2.24) is 20.5 Å². The number of nitrogens with two attached hydrogens (primary N) is 1. The summed E-state index contributed by atoms with van der Waals surface area (Å²) >= 11 is 2.44. The van der Waals surface area contributed by atoms with Crippen LogP contribution >= 0.6 is 23.1 Å². The van der Waals surface area contributed by atoms with Gasteiger partial charge in [0.15, 0.2) is 10.8 Å². The van der Waals surface area contributed by atoms with Crippen LogP contribution in [0.4, 0.5) is 25.7 Å². The molecule has 2 aromatic rings. The molecule has 0 aliphatic carbocycles. The second-order valence-corrected chi connectivity index (χ2v) is 14.7. The zero-order valence-corrected chi connectivity index (χ0v) is 29.6. The van der Waals surface area contributed by atoms with Crippen LogP contribution in [0, 0.1) is 5.82 Å². The van der Waals surface area contributed by atoms with Gasteiger partial charge in [-0.2, -0.15) is 0 Å². The number of nitrogens with zero attached hydrogens (tertiary/aromatic N) is 6. The maximum Gasteiger partial charge on any atom is 0.414 e. The summed E-state index contributed by atoms with van der Waals surface area (Å²) in [5.41, 5.74) is 6.74. The van der Waals surface area contributed by atoms with Crippen LogP contribution in [0.3, 0.4) is 0 Å². The number of hydrogen-bond donors (Lipinski definition) is 3. The Kier molecular flexibility index (Phi) is 10.1. The first-order valence-corrected chi connectivity index (χ1v) is 17.8. The highest BCUT2D eigenvalue weighted by Gasteiger charge is 2.54. The van der Waals surface area contributed by atoms with Crippen LogP contribution in [0.15, 0.2) is 40.0 Å². The first-order chi connectivity index (χ1) is 24.3. The Hall–Kier alpha value is -4.95. The number of cyclic esters (lactones) is 1. The molecule has 51 heavy (non-hydrogen) atoms. The molecule has 20 heteroatoms. The Morgan fingerprint density at radius 1 is 1.25 bits per heavy atom. The van der Waals surface area contributed by atoms with Crippen LogP contribution in [0.5, 0.6) is 0 Å². The minimum absolute atomic E-state index is 0.160. The minimum atomic E-state index is -1.48. The van der Waals surface area contributed by atoms with Crippen molar-refractivity contribution in [3.05, 3.63) is 46.4 Å². The predicted molar refractivity (Wildman–Crippen MR) is 183 cm³/mol. The van der Waals surface area contributed by atoms with E-state index in [0.717, 1.165) is 16.2 Å². The van der Waals surface area contributed by atoms with Crippen LogP contribution in [0.1, 0.15) is 12.6 Å². The maximum absolute atomic E-state index is 15.4. The van der Waals surface area contributed by atoms with Crippen LogP contribution in [0.25, 0.3) is 0 Å². The van der Waals surface area contributed by atoms with Crippen LogP contribution in [0.2, 0.25) is 0 Å². The van der Waals surface area contributed by atoms with Gasteiger partial charge in [0.2, 0.25) is 5.91 Å². The molecule has 17 nitrogen and oxygen atoms in total. The van der Waals surface area contributed by atoms with Crippen molar-refractivity contribution in [3.63, 3.8) is 0 Å². The second kappa shape index (κ2) is 14.3. The van der Waals surface area contributed by atoms with E-state index in [-0.39, 0.29) is 41.2 Å². The van der Waals surface area contributed by atoms with Gasteiger partial charge < -0.3 is 45.2 Å². The molecule has 1 aromatic carbocycles. The summed E-state index contributed by atoms with van der Waals surface area (Å²) in [5.74, 6) is -3.26. The number of likely N-dealkylation sites (N-methyl/N-ethyl adjacent to an activating group) is 1. The molecular weight excluding hydrogens is 710 g/mol. The molecule has 5 heterocycles. The second-order valence-electron chi connectivity index (χ2n) is 12.7. The molecule has 4 aliphatic heterocycles. The Labute approximate surface area is 299 Å². The fourth-order valence-electron chi connectivity index (χ4n) is 6.52. The number of quaternary nitrogens is 1. The lowest BCUT2D eigenvalue weighted by molar-refractivity contribution is -0.905. The standard InChI is InChI=1S/C31H36FN9O8S2/c1-16(42)34-11-19-12-39(31(47)49-19)18-4-5-22(20(32)10-18)38-6-8-41(2,9-7-38)13-17-14-50-28-24(27(44)40(28)25(17)29(45)46)36-26(43)23(37-48-3)21-15-51-30(33)35-21/h4-5,10,15,19,24,28H,6-9,11-14H2,1-3H3,(H4-,33,34,35,36,42,43,45,46)/b37-23-/t19-,24+,28?/m0/s1. The van der Waals surface area contributed by atoms with Gasteiger partial charge in [-0.3, -0.25) is 24.2 Å². The number of nitrogens with one attached hydrogen (secondary N) is 2. The van der Waals surface area contributed by atoms with E-state index in [4.69, 9.17) is 15.3 Å². The molecule has 1 aromatic heterocycles. The number of hydrogen-bond acceptors (Lipinski definition) is 14. The quantitative estimate of drug-likeness (QED) is 0.110. The third-order valence-corrected chi connectivity index (χ3v) is 11.1. The van der Waals surface area contributed by atoms with Crippen LogP contribution in [-0.2, 0) is 28.8 Å². The summed E-state index contributed by atoms with van der Waals surface area (Å²) < 4.78 is 21.2. The van der Waals surface area contributed by atoms with Crippen LogP contribution < -0.4 is 31.3 Å². The summed E-state index contributed by atoms with van der Waals surface area (Å²) in [7, 11) is 3.24. The molecule has 0 bridgehead atoms. The number of carboxylic acids is 1. The number of oxime groups is 1. The average Bonchev–Trinajstić information content (AvgIpc) is 3.69. The zero-order valence-electron chi connectivity index (χ0n) is 27.9. The molecule has 272 valence electrons. The van der Waals surface area contributed by atoms with Crippen molar-refractivity contribution in [1.29, 1.82) is 0 Å². The summed E-state index contributed by atoms with van der Waals surface area (Å²) in [6.45, 7) is 4.06. The molecule has 0 saturated carbocycles. The molecule has 0 radical (unpaired) electrons. The SMILES string of the molecule is CO/N=C(\C(=O)N[C@@H]1C(=O)N2C(C(=O)[O-])=C(C[N+]3(C)CCN(c4ccc(N5C[C@H](CNC(C)=O)OC5=O)cc4F)CC3)CSC12)c1csc(N)n1. The van der Waals surface area contributed by atoms with Crippen LogP contribution in [-0.4, -0.2) is 133 Å². The predicted octanol–water partition coefficient (Wildman–Crippen LogP) is -0.953. The molecule has 1 unspecified atom stereocenters. The minimum Gasteiger partial charge on any atom is -0.543 e. The van der Waals surface area contributed by atoms with Gasteiger partial charge in [0.05, 0.1) is 69.4 Å². The number of carboxylic acid groups (broad SMARTS) is 1. The van der Waals surface area contributed by atoms with Gasteiger partial charge >= 0.3 is 6.09 Å². The number of aromatic nitrogens is 1. The van der Waals surface area contributed by atoms with Crippen molar-refractivity contribution >= 4 is 75.1 Å². The van der Waals surface area contributed by atoms with Crippen molar-refractivity contribution in [2.24, 2.45) is 5.16 Å². The fourth-order valence-corrected chi connectivity index (χ4v) is 8.40. The normalized spacial score (nSPS) is 23.0. The number of thioether (sulfide) groups is 1. The van der Waals surface area contributed by atoms with E-state index in [1.807, 2.05) is 11.9 Å². The lowest BCUT2D eigenvalue weighted by Gasteiger charge is -2.51. The Morgan fingerprint density at radius 3 is 2.63 bits per heavy atom. The third-order valence-electron chi connectivity index (χ3n) is 9.12. The molecule has 0 spiro atoms. The largest absolute Gasteiger partial charge is 0.543 e. The van der Waals surface area contributed by atoms with Crippen molar-refractivity contribution in [3.8, 4) is 0 Å². The molecular formula is C31H36FN9O8S2. The molecule has 3 saturated heterocycles. The number of anilines is 3. The van der Waals surface area contributed by atoms with Gasteiger partial charge in [0.25, 0.3) is 11.8 Å². The number of halogens is 1. The highest BCUT2D eigenvalue weighted by atomic mass is 32.2. The Bertz CT molecular complexity index is 1830. The topological polar surface area (TPSA) is 212 Å². The summed E-state index contributed by atoms with van der Waals surface area (Å²) in [6.07, 6.45) is -1.17. The van der Waals surface area contributed by atoms with E-state index >= 15 is 4.39 Å². The summed E-state index contributed by atoms with van der Waals surface area (Å²) in [4.78, 5) is 75.6. The van der Waals surface area contributed by atoms with Gasteiger partial charge in [-0.05, 0) is 18.2 Å². The molecule has 3 fully saturated rings. The molecule has 6 rings (SSSR count). The van der Waals surface area contributed by atoms with Crippen molar-refractivity contribution < 1.29 is 47.5 Å². The molecule has 4 amide bonds. The number of amides is 4. The number of benzene rings is 1. The number of nitrogen functional groups attached to an aromatic ring is 1. The smallest absolute Gasteiger partial charge is 0.414 e. The van der Waals surface area contributed by atoms with Gasteiger partial charge in [-0.25, -0.2) is 14.2 Å². The molecule has 4 N–H and O–H groups in total. The number of β-lactam (4-membered cyclic amide) rings is 1. The average molecular weight is 746 g/mol. The summed E-state index contributed by atoms with van der Waals surface area (Å²) in [5, 5.41) is 22.5.